The third-order valence-electron chi connectivity index (χ3n) is 6.44. The number of piperidine rings is 1. The lowest BCUT2D eigenvalue weighted by atomic mass is 9.74. The molecule has 1 saturated heterocycles. The number of nitrogens with one attached hydrogen (secondary N) is 1. The zero-order valence-electron chi connectivity index (χ0n) is 17.2. The lowest BCUT2D eigenvalue weighted by Crippen LogP contribution is -2.50. The Balaban J connectivity index is 1.43. The second kappa shape index (κ2) is 8.93. The van der Waals surface area contributed by atoms with Gasteiger partial charge in [-0.3, -0.25) is 9.39 Å². The summed E-state index contributed by atoms with van der Waals surface area (Å²) in [6, 6.07) is 6.01. The summed E-state index contributed by atoms with van der Waals surface area (Å²) in [5, 5.41) is 12.1. The second-order valence-corrected chi connectivity index (χ2v) is 8.47. The highest BCUT2D eigenvalue weighted by Crippen LogP contribution is 2.42. The summed E-state index contributed by atoms with van der Waals surface area (Å²) in [4.78, 5) is 7.50. The van der Waals surface area contributed by atoms with Crippen LogP contribution in [0.15, 0.2) is 29.4 Å². The van der Waals surface area contributed by atoms with Gasteiger partial charge in [0.15, 0.2) is 11.6 Å². The van der Waals surface area contributed by atoms with Gasteiger partial charge in [-0.05, 0) is 50.2 Å². The molecule has 2 aromatic heterocycles. The zero-order valence-corrected chi connectivity index (χ0v) is 17.2. The van der Waals surface area contributed by atoms with Crippen LogP contribution in [-0.2, 0) is 6.42 Å². The molecule has 1 aliphatic heterocycles. The summed E-state index contributed by atoms with van der Waals surface area (Å²) in [5.41, 5.74) is 1.42. The number of likely N-dealkylation sites (tertiary alicyclic amines) is 1. The van der Waals surface area contributed by atoms with E-state index in [1.807, 2.05) is 24.4 Å². The van der Waals surface area contributed by atoms with Gasteiger partial charge in [0.05, 0.1) is 0 Å². The summed E-state index contributed by atoms with van der Waals surface area (Å²) in [5.74, 6) is 2.06. The molecule has 28 heavy (non-hydrogen) atoms. The first-order chi connectivity index (χ1) is 13.8. The van der Waals surface area contributed by atoms with Crippen molar-refractivity contribution in [2.24, 2.45) is 10.4 Å². The van der Waals surface area contributed by atoms with Gasteiger partial charge < -0.3 is 10.2 Å². The van der Waals surface area contributed by atoms with Crippen molar-refractivity contribution in [2.75, 3.05) is 26.2 Å². The first-order valence-electron chi connectivity index (χ1n) is 11.1. The van der Waals surface area contributed by atoms with Crippen molar-refractivity contribution in [1.29, 1.82) is 0 Å². The van der Waals surface area contributed by atoms with Crippen LogP contribution in [0.5, 0.6) is 0 Å². The highest BCUT2D eigenvalue weighted by Gasteiger charge is 2.36. The molecule has 0 aromatic carbocycles. The Bertz CT molecular complexity index is 787. The normalized spacial score (nSPS) is 20.5. The fourth-order valence-corrected chi connectivity index (χ4v) is 5.02. The van der Waals surface area contributed by atoms with Crippen LogP contribution in [0, 0.1) is 5.41 Å². The fraction of sp³-hybridized carbons (Fsp3) is 0.682. The Morgan fingerprint density at radius 3 is 2.75 bits per heavy atom. The second-order valence-electron chi connectivity index (χ2n) is 8.47. The largest absolute Gasteiger partial charge is 0.357 e. The number of fused-ring (bicyclic) bond motifs is 1. The van der Waals surface area contributed by atoms with Crippen LogP contribution < -0.4 is 5.32 Å². The van der Waals surface area contributed by atoms with Gasteiger partial charge >= 0.3 is 0 Å². The van der Waals surface area contributed by atoms with Gasteiger partial charge in [0.25, 0.3) is 0 Å². The number of hydrogen-bond acceptors (Lipinski definition) is 3. The molecule has 2 aliphatic rings. The molecule has 2 fully saturated rings. The molecule has 4 rings (SSSR count). The third kappa shape index (κ3) is 4.31. The highest BCUT2D eigenvalue weighted by molar-refractivity contribution is 5.80. The summed E-state index contributed by atoms with van der Waals surface area (Å²) in [7, 11) is 0. The standard InChI is InChI=1S/C22H34N6/c1-2-23-21(24-15-11-20-26-25-19-10-5-8-17-28(19)20)27-16-9-14-22(18-27)12-6-3-4-7-13-22/h5,8,10,17H,2-4,6-7,9,11-16,18H2,1H3,(H,23,24). The van der Waals surface area contributed by atoms with Crippen LogP contribution in [0.25, 0.3) is 5.65 Å². The van der Waals surface area contributed by atoms with Gasteiger partial charge in [-0.1, -0.05) is 31.7 Å². The maximum atomic E-state index is 4.97. The number of aromatic nitrogens is 3. The molecule has 6 nitrogen and oxygen atoms in total. The number of guanidine groups is 1. The number of nitrogens with zero attached hydrogens (tertiary/aromatic N) is 5. The van der Waals surface area contributed by atoms with Gasteiger partial charge in [0.2, 0.25) is 0 Å². The minimum Gasteiger partial charge on any atom is -0.357 e. The average Bonchev–Trinajstić information content (AvgIpc) is 3.00. The van der Waals surface area contributed by atoms with Crippen LogP contribution >= 0.6 is 0 Å². The molecule has 1 saturated carbocycles. The Morgan fingerprint density at radius 2 is 1.93 bits per heavy atom. The molecule has 152 valence electrons. The van der Waals surface area contributed by atoms with Gasteiger partial charge in [-0.15, -0.1) is 10.2 Å². The number of hydrogen-bond donors (Lipinski definition) is 1. The Hall–Kier alpha value is -2.11. The Morgan fingerprint density at radius 1 is 1.11 bits per heavy atom. The molecule has 1 aliphatic carbocycles. The highest BCUT2D eigenvalue weighted by atomic mass is 15.3. The summed E-state index contributed by atoms with van der Waals surface area (Å²) < 4.78 is 2.06. The van der Waals surface area contributed by atoms with Crippen molar-refractivity contribution in [3.63, 3.8) is 0 Å². The summed E-state index contributed by atoms with van der Waals surface area (Å²) in [6.45, 7) is 6.11. The molecule has 6 heteroatoms. The maximum Gasteiger partial charge on any atom is 0.193 e. The quantitative estimate of drug-likeness (QED) is 0.647. The van der Waals surface area contributed by atoms with Crippen molar-refractivity contribution in [3.8, 4) is 0 Å². The molecule has 2 aromatic rings. The molecule has 1 spiro atoms. The Kier molecular flexibility index (Phi) is 6.13. The van der Waals surface area contributed by atoms with Crippen molar-refractivity contribution < 1.29 is 0 Å². The van der Waals surface area contributed by atoms with E-state index >= 15 is 0 Å². The van der Waals surface area contributed by atoms with E-state index in [9.17, 15) is 0 Å². The lowest BCUT2D eigenvalue weighted by molar-refractivity contribution is 0.115. The lowest BCUT2D eigenvalue weighted by Gasteiger charge is -2.44. The van der Waals surface area contributed by atoms with Crippen LogP contribution in [0.2, 0.25) is 0 Å². The van der Waals surface area contributed by atoms with Crippen molar-refractivity contribution in [3.05, 3.63) is 30.2 Å². The van der Waals surface area contributed by atoms with Gasteiger partial charge in [-0.25, -0.2) is 0 Å². The van der Waals surface area contributed by atoms with Crippen molar-refractivity contribution in [1.82, 2.24) is 24.8 Å². The molecule has 0 unspecified atom stereocenters. The summed E-state index contributed by atoms with van der Waals surface area (Å²) >= 11 is 0. The summed E-state index contributed by atoms with van der Waals surface area (Å²) in [6.07, 6.45) is 14.0. The number of pyridine rings is 1. The van der Waals surface area contributed by atoms with Crippen molar-refractivity contribution in [2.45, 2.75) is 64.7 Å². The van der Waals surface area contributed by atoms with Crippen molar-refractivity contribution >= 4 is 11.6 Å². The minimum atomic E-state index is 0.522. The van der Waals surface area contributed by atoms with Crippen LogP contribution in [0.4, 0.5) is 0 Å². The maximum absolute atomic E-state index is 4.97. The average molecular weight is 383 g/mol. The van der Waals surface area contributed by atoms with E-state index in [2.05, 4.69) is 31.7 Å². The van der Waals surface area contributed by atoms with Gasteiger partial charge in [0, 0.05) is 38.8 Å². The van der Waals surface area contributed by atoms with Gasteiger partial charge in [0.1, 0.15) is 5.82 Å². The molecule has 0 bridgehead atoms. The predicted molar refractivity (Wildman–Crippen MR) is 114 cm³/mol. The van der Waals surface area contributed by atoms with E-state index in [0.29, 0.717) is 5.41 Å². The fourth-order valence-electron chi connectivity index (χ4n) is 5.02. The molecule has 0 amide bonds. The van der Waals surface area contributed by atoms with E-state index in [1.54, 1.807) is 0 Å². The smallest absolute Gasteiger partial charge is 0.193 e. The number of aliphatic imine (C=N–C) groups is 1. The molecule has 1 N–H and O–H groups in total. The third-order valence-corrected chi connectivity index (χ3v) is 6.44. The number of rotatable bonds is 4. The molecule has 3 heterocycles. The monoisotopic (exact) mass is 382 g/mol. The van der Waals surface area contributed by atoms with Crippen LogP contribution in [-0.4, -0.2) is 51.6 Å². The van der Waals surface area contributed by atoms with Gasteiger partial charge in [-0.2, -0.15) is 0 Å². The van der Waals surface area contributed by atoms with E-state index in [4.69, 9.17) is 4.99 Å². The SMILES string of the molecule is CCNC(=NCCc1nnc2ccccn12)N1CCCC2(CCCCCC2)C1. The topological polar surface area (TPSA) is 57.8 Å². The Labute approximate surface area is 168 Å². The first kappa shape index (κ1) is 19.2. The molecule has 0 radical (unpaired) electrons. The predicted octanol–water partition coefficient (Wildman–Crippen LogP) is 3.67. The molecule has 0 atom stereocenters. The zero-order chi connectivity index (χ0) is 19.2. The first-order valence-corrected chi connectivity index (χ1v) is 11.1. The van der Waals surface area contributed by atoms with E-state index in [-0.39, 0.29) is 0 Å². The van der Waals surface area contributed by atoms with E-state index in [0.717, 1.165) is 43.5 Å². The molecular weight excluding hydrogens is 348 g/mol. The van der Waals surface area contributed by atoms with Crippen LogP contribution in [0.3, 0.4) is 0 Å². The van der Waals surface area contributed by atoms with Crippen LogP contribution in [0.1, 0.15) is 64.1 Å². The van der Waals surface area contributed by atoms with E-state index in [1.165, 1.54) is 57.9 Å². The van der Waals surface area contributed by atoms with E-state index < -0.39 is 0 Å². The molecular formula is C22H34N6. The minimum absolute atomic E-state index is 0.522.